The van der Waals surface area contributed by atoms with Crippen molar-refractivity contribution in [3.63, 3.8) is 0 Å². The van der Waals surface area contributed by atoms with Gasteiger partial charge in [0, 0.05) is 23.8 Å². The minimum absolute atomic E-state index is 0. The van der Waals surface area contributed by atoms with Gasteiger partial charge in [-0.15, -0.1) is 24.2 Å². The van der Waals surface area contributed by atoms with Crippen LogP contribution in [0.5, 0.6) is 0 Å². The van der Waals surface area contributed by atoms with Crippen molar-refractivity contribution >= 4 is 35.9 Å². The van der Waals surface area contributed by atoms with E-state index in [1.54, 1.807) is 18.7 Å². The van der Waals surface area contributed by atoms with Gasteiger partial charge in [-0.2, -0.15) is 0 Å². The number of nitrogens with one attached hydrogen (secondary N) is 2. The largest absolute Gasteiger partial charge is 0.478 e. The monoisotopic (exact) mass is 452 g/mol. The van der Waals surface area contributed by atoms with E-state index in [0.717, 1.165) is 17.9 Å². The SMILES string of the molecule is CNCC[C@@H](O)[C@@H]1C[C@H](SC2=C(C(=O)O)C3C(=O)[C@H]([C@@H](C)O)[C@H]3[C@H]2C)CN1.Cl.O. The van der Waals surface area contributed by atoms with Gasteiger partial charge in [-0.25, -0.2) is 4.79 Å². The van der Waals surface area contributed by atoms with Crippen molar-refractivity contribution in [2.24, 2.45) is 23.7 Å². The quantitative estimate of drug-likeness (QED) is 0.340. The third-order valence-corrected chi connectivity index (χ3v) is 7.86. The zero-order chi connectivity index (χ0) is 19.9. The highest BCUT2D eigenvalue weighted by molar-refractivity contribution is 8.03. The molecule has 1 aliphatic heterocycles. The van der Waals surface area contributed by atoms with E-state index in [2.05, 4.69) is 10.6 Å². The first kappa shape index (κ1) is 26.4. The Kier molecular flexibility index (Phi) is 9.60. The van der Waals surface area contributed by atoms with Crippen LogP contribution in [-0.2, 0) is 9.59 Å². The first-order valence-corrected chi connectivity index (χ1v) is 10.6. The topological polar surface area (TPSA) is 150 Å². The number of allylic oxidation sites excluding steroid dienone is 1. The summed E-state index contributed by atoms with van der Waals surface area (Å²) in [6, 6.07) is 0.00463. The van der Waals surface area contributed by atoms with E-state index in [1.165, 1.54) is 0 Å². The Morgan fingerprint density at radius 1 is 1.38 bits per heavy atom. The number of aliphatic carboxylic acids is 1. The van der Waals surface area contributed by atoms with Crippen molar-refractivity contribution in [1.29, 1.82) is 0 Å². The molecule has 7 N–H and O–H groups in total. The van der Waals surface area contributed by atoms with E-state index in [0.29, 0.717) is 13.0 Å². The average molecular weight is 453 g/mol. The number of carbonyl (C=O) groups excluding carboxylic acids is 1. The smallest absolute Gasteiger partial charge is 0.333 e. The molecule has 0 amide bonds. The summed E-state index contributed by atoms with van der Waals surface area (Å²) in [5.74, 6) is -2.36. The molecule has 0 radical (unpaired) electrons. The summed E-state index contributed by atoms with van der Waals surface area (Å²) in [6.45, 7) is 5.03. The van der Waals surface area contributed by atoms with Crippen LogP contribution in [0.15, 0.2) is 10.5 Å². The van der Waals surface area contributed by atoms with Gasteiger partial charge in [0.2, 0.25) is 0 Å². The predicted octanol–water partition coefficient (Wildman–Crippen LogP) is -0.182. The number of aliphatic hydroxyl groups excluding tert-OH is 2. The van der Waals surface area contributed by atoms with E-state index < -0.39 is 30.0 Å². The predicted molar refractivity (Wildman–Crippen MR) is 114 cm³/mol. The van der Waals surface area contributed by atoms with Crippen LogP contribution in [0.1, 0.15) is 26.7 Å². The fourth-order valence-corrected chi connectivity index (χ4v) is 6.50. The van der Waals surface area contributed by atoms with Crippen LogP contribution < -0.4 is 10.6 Å². The zero-order valence-electron chi connectivity index (χ0n) is 16.9. The normalized spacial score (nSPS) is 35.3. The number of fused-ring (bicyclic) bond motifs is 1. The number of Topliss-reactive ketones (excluding diaryl/α,β-unsaturated/α-hetero) is 1. The average Bonchev–Trinajstić information content (AvgIpc) is 3.15. The van der Waals surface area contributed by atoms with Crippen LogP contribution in [0.4, 0.5) is 0 Å². The standard InChI is InChI=1S/C19H30N2O5S.ClH.H2O/c1-8-13-14(9(2)22)17(24)15(13)16(19(25)26)18(8)27-10-6-11(21-7-10)12(23)4-5-20-3;;/h8-15,20-23H,4-7H2,1-3H3,(H,25,26);1H;1H2/t8-,9-,10+,11+,12-,13-,14-,15?;;/m1../s1. The van der Waals surface area contributed by atoms with E-state index in [4.69, 9.17) is 0 Å². The number of aliphatic hydroxyl groups is 2. The Morgan fingerprint density at radius 3 is 2.59 bits per heavy atom. The number of carboxylic acids is 1. The van der Waals surface area contributed by atoms with Gasteiger partial charge in [0.05, 0.1) is 23.7 Å². The Bertz CT molecular complexity index is 646. The van der Waals surface area contributed by atoms with Gasteiger partial charge in [-0.05, 0) is 50.1 Å². The van der Waals surface area contributed by atoms with Crippen LogP contribution in [0.2, 0.25) is 0 Å². The molecular weight excluding hydrogens is 420 g/mol. The first-order chi connectivity index (χ1) is 12.8. The lowest BCUT2D eigenvalue weighted by molar-refractivity contribution is -0.151. The fraction of sp³-hybridized carbons (Fsp3) is 0.789. The van der Waals surface area contributed by atoms with E-state index in [-0.39, 0.29) is 52.4 Å². The fourth-order valence-electron chi connectivity index (χ4n) is 4.94. The number of thioether (sulfide) groups is 1. The molecule has 1 saturated heterocycles. The third-order valence-electron chi connectivity index (χ3n) is 6.32. The summed E-state index contributed by atoms with van der Waals surface area (Å²) in [4.78, 5) is 25.1. The number of ketones is 1. The van der Waals surface area contributed by atoms with Crippen LogP contribution in [0.25, 0.3) is 0 Å². The molecule has 1 unspecified atom stereocenters. The maximum Gasteiger partial charge on any atom is 0.333 e. The number of hydrogen-bond acceptors (Lipinski definition) is 7. The van der Waals surface area contributed by atoms with Crippen LogP contribution in [0, 0.1) is 23.7 Å². The molecule has 0 aromatic heterocycles. The summed E-state index contributed by atoms with van der Waals surface area (Å²) in [5, 5.41) is 36.5. The number of halogens is 1. The molecule has 168 valence electrons. The molecule has 1 heterocycles. The Hall–Kier alpha value is -0.680. The van der Waals surface area contributed by atoms with Crippen molar-refractivity contribution in [3.05, 3.63) is 10.5 Å². The first-order valence-electron chi connectivity index (χ1n) is 9.69. The Morgan fingerprint density at radius 2 is 2.03 bits per heavy atom. The van der Waals surface area contributed by atoms with Gasteiger partial charge in [0.1, 0.15) is 5.78 Å². The minimum Gasteiger partial charge on any atom is -0.478 e. The second-order valence-corrected chi connectivity index (χ2v) is 9.39. The van der Waals surface area contributed by atoms with Crippen LogP contribution in [-0.4, -0.2) is 76.2 Å². The second kappa shape index (κ2) is 10.6. The molecule has 0 aromatic carbocycles. The number of rotatable bonds is 8. The van der Waals surface area contributed by atoms with Gasteiger partial charge in [-0.1, -0.05) is 6.92 Å². The molecule has 3 aliphatic rings. The molecule has 2 aliphatic carbocycles. The molecule has 2 fully saturated rings. The molecule has 8 nitrogen and oxygen atoms in total. The summed E-state index contributed by atoms with van der Waals surface area (Å²) in [6.07, 6.45) is 0.247. The highest BCUT2D eigenvalue weighted by atomic mass is 35.5. The molecule has 0 aromatic rings. The van der Waals surface area contributed by atoms with Gasteiger partial charge in [-0.3, -0.25) is 4.79 Å². The highest BCUT2D eigenvalue weighted by Crippen LogP contribution is 2.58. The van der Waals surface area contributed by atoms with E-state index in [1.807, 2.05) is 14.0 Å². The molecule has 0 spiro atoms. The highest BCUT2D eigenvalue weighted by Gasteiger charge is 2.61. The second-order valence-electron chi connectivity index (χ2n) is 8.05. The maximum absolute atomic E-state index is 12.5. The molecule has 8 atom stereocenters. The number of carbonyl (C=O) groups is 2. The lowest BCUT2D eigenvalue weighted by Crippen LogP contribution is -2.53. The minimum atomic E-state index is -1.02. The summed E-state index contributed by atoms with van der Waals surface area (Å²) >= 11 is 1.54. The summed E-state index contributed by atoms with van der Waals surface area (Å²) in [7, 11) is 1.85. The molecule has 29 heavy (non-hydrogen) atoms. The summed E-state index contributed by atoms with van der Waals surface area (Å²) < 4.78 is 0. The molecule has 1 saturated carbocycles. The van der Waals surface area contributed by atoms with Crippen LogP contribution >= 0.6 is 24.2 Å². The number of hydrogen-bond donors (Lipinski definition) is 5. The van der Waals surface area contributed by atoms with Crippen molar-refractivity contribution in [2.45, 2.75) is 50.2 Å². The molecular formula is C19H33ClN2O6S. The van der Waals surface area contributed by atoms with Gasteiger partial charge < -0.3 is 31.4 Å². The molecule has 3 rings (SSSR count). The van der Waals surface area contributed by atoms with Gasteiger partial charge >= 0.3 is 5.97 Å². The Labute approximate surface area is 181 Å². The Balaban J connectivity index is 0.00000210. The molecule has 10 heteroatoms. The van der Waals surface area contributed by atoms with Gasteiger partial charge in [0.15, 0.2) is 0 Å². The van der Waals surface area contributed by atoms with E-state index >= 15 is 0 Å². The lowest BCUT2D eigenvalue weighted by Gasteiger charge is -2.43. The maximum atomic E-state index is 12.5. The zero-order valence-corrected chi connectivity index (χ0v) is 18.6. The van der Waals surface area contributed by atoms with Crippen molar-refractivity contribution in [3.8, 4) is 0 Å². The van der Waals surface area contributed by atoms with Crippen molar-refractivity contribution in [1.82, 2.24) is 10.6 Å². The van der Waals surface area contributed by atoms with Gasteiger partial charge in [0.25, 0.3) is 0 Å². The number of carboxylic acid groups (broad SMARTS) is 1. The lowest BCUT2D eigenvalue weighted by atomic mass is 9.59. The third kappa shape index (κ3) is 4.81. The van der Waals surface area contributed by atoms with E-state index in [9.17, 15) is 24.9 Å². The summed E-state index contributed by atoms with van der Waals surface area (Å²) in [5.41, 5.74) is 0.235. The van der Waals surface area contributed by atoms with Crippen molar-refractivity contribution < 1.29 is 30.4 Å². The van der Waals surface area contributed by atoms with Crippen molar-refractivity contribution in [2.75, 3.05) is 20.1 Å². The molecule has 0 bridgehead atoms. The van der Waals surface area contributed by atoms with Crippen LogP contribution in [0.3, 0.4) is 0 Å².